The normalized spacial score (nSPS) is 13.4. The summed E-state index contributed by atoms with van der Waals surface area (Å²) in [7, 11) is 1.63. The van der Waals surface area contributed by atoms with E-state index in [1.165, 1.54) is 0 Å². The third-order valence-electron chi connectivity index (χ3n) is 1.46. The number of hydrogen-bond acceptors (Lipinski definition) is 2. The first-order valence-corrected chi connectivity index (χ1v) is 14.0. The van der Waals surface area contributed by atoms with E-state index in [1.54, 1.807) is 7.11 Å². The molecule has 12 heavy (non-hydrogen) atoms. The molecular weight excluding hydrogens is 259 g/mol. The SMILES string of the molecule is C=C=[C](OC(C)OC)[Sn]([CH3])([CH3])[CH3]. The van der Waals surface area contributed by atoms with E-state index in [9.17, 15) is 0 Å². The first-order chi connectivity index (χ1) is 5.41. The molecular formula is C9H18O2Sn. The van der Waals surface area contributed by atoms with Gasteiger partial charge < -0.3 is 0 Å². The number of methoxy groups -OCH3 is 1. The van der Waals surface area contributed by atoms with Crippen LogP contribution in [0.3, 0.4) is 0 Å². The predicted octanol–water partition coefficient (Wildman–Crippen LogP) is 2.54. The van der Waals surface area contributed by atoms with Crippen molar-refractivity contribution < 1.29 is 9.47 Å². The van der Waals surface area contributed by atoms with Crippen LogP contribution in [-0.2, 0) is 9.47 Å². The van der Waals surface area contributed by atoms with E-state index in [2.05, 4.69) is 27.1 Å². The van der Waals surface area contributed by atoms with E-state index in [4.69, 9.17) is 9.47 Å². The molecule has 0 aliphatic rings. The summed E-state index contributed by atoms with van der Waals surface area (Å²) >= 11 is -2.12. The molecule has 1 unspecified atom stereocenters. The quantitative estimate of drug-likeness (QED) is 0.340. The molecule has 0 aromatic heterocycles. The van der Waals surface area contributed by atoms with Crippen LogP contribution in [0.1, 0.15) is 6.92 Å². The van der Waals surface area contributed by atoms with Crippen LogP contribution in [-0.4, -0.2) is 31.8 Å². The monoisotopic (exact) mass is 278 g/mol. The van der Waals surface area contributed by atoms with E-state index >= 15 is 0 Å². The Labute approximate surface area is 79.1 Å². The average Bonchev–Trinajstić information content (AvgIpc) is 1.97. The van der Waals surface area contributed by atoms with E-state index < -0.39 is 18.4 Å². The fourth-order valence-corrected chi connectivity index (χ4v) is 3.69. The Bertz CT molecular complexity index is 187. The van der Waals surface area contributed by atoms with Crippen LogP contribution in [0.4, 0.5) is 0 Å². The maximum absolute atomic E-state index is 5.53. The zero-order valence-electron chi connectivity index (χ0n) is 8.60. The van der Waals surface area contributed by atoms with Gasteiger partial charge in [0.15, 0.2) is 0 Å². The summed E-state index contributed by atoms with van der Waals surface area (Å²) in [5, 5.41) is 0. The molecule has 0 rings (SSSR count). The average molecular weight is 277 g/mol. The third-order valence-corrected chi connectivity index (χ3v) is 6.19. The Morgan fingerprint density at radius 1 is 1.42 bits per heavy atom. The molecule has 0 saturated heterocycles. The topological polar surface area (TPSA) is 18.5 Å². The molecule has 0 aliphatic carbocycles. The van der Waals surface area contributed by atoms with Crippen LogP contribution in [0.15, 0.2) is 16.1 Å². The fraction of sp³-hybridized carbons (Fsp3) is 0.667. The molecule has 0 aromatic rings. The minimum atomic E-state index is -2.12. The molecule has 0 saturated carbocycles. The van der Waals surface area contributed by atoms with Gasteiger partial charge in [0.1, 0.15) is 0 Å². The van der Waals surface area contributed by atoms with Crippen molar-refractivity contribution in [3.05, 3.63) is 16.1 Å². The Morgan fingerprint density at radius 2 is 1.92 bits per heavy atom. The van der Waals surface area contributed by atoms with Gasteiger partial charge in [-0.1, -0.05) is 0 Å². The van der Waals surface area contributed by atoms with Gasteiger partial charge in [0.05, 0.1) is 0 Å². The summed E-state index contributed by atoms with van der Waals surface area (Å²) in [6, 6.07) is 0. The Balaban J connectivity index is 4.32. The van der Waals surface area contributed by atoms with Gasteiger partial charge in [0.2, 0.25) is 0 Å². The van der Waals surface area contributed by atoms with Gasteiger partial charge in [0.25, 0.3) is 0 Å². The number of hydrogen-bond donors (Lipinski definition) is 0. The van der Waals surface area contributed by atoms with Crippen molar-refractivity contribution in [1.82, 2.24) is 0 Å². The van der Waals surface area contributed by atoms with Crippen LogP contribution < -0.4 is 0 Å². The first-order valence-electron chi connectivity index (χ1n) is 4.01. The van der Waals surface area contributed by atoms with Gasteiger partial charge in [-0.05, 0) is 0 Å². The van der Waals surface area contributed by atoms with Crippen molar-refractivity contribution in [1.29, 1.82) is 0 Å². The fourth-order valence-electron chi connectivity index (χ4n) is 0.698. The van der Waals surface area contributed by atoms with E-state index in [0.29, 0.717) is 0 Å². The Hall–Kier alpha value is 0.0787. The van der Waals surface area contributed by atoms with Gasteiger partial charge in [-0.25, -0.2) is 0 Å². The second kappa shape index (κ2) is 4.95. The summed E-state index contributed by atoms with van der Waals surface area (Å²) in [4.78, 5) is 6.76. The standard InChI is InChI=1S/C6H9O2.3CH3.Sn/c1-4-5-8-6(2)7-3;;;;/h6H,1H2,2-3H3;3*1H3;. The molecule has 0 radical (unpaired) electrons. The zero-order chi connectivity index (χ0) is 9.78. The molecule has 0 bridgehead atoms. The van der Waals surface area contributed by atoms with Gasteiger partial charge in [-0.15, -0.1) is 0 Å². The molecule has 0 heterocycles. The second-order valence-electron chi connectivity index (χ2n) is 3.68. The number of ether oxygens (including phenoxy) is 2. The molecule has 0 aromatic carbocycles. The van der Waals surface area contributed by atoms with Crippen molar-refractivity contribution in [3.63, 3.8) is 0 Å². The van der Waals surface area contributed by atoms with Crippen molar-refractivity contribution in [3.8, 4) is 0 Å². The van der Waals surface area contributed by atoms with Crippen molar-refractivity contribution >= 4 is 18.4 Å². The molecule has 3 heteroatoms. The third kappa shape index (κ3) is 4.19. The molecule has 0 N–H and O–H groups in total. The minimum absolute atomic E-state index is 0.190. The number of rotatable bonds is 4. The zero-order valence-corrected chi connectivity index (χ0v) is 11.5. The predicted molar refractivity (Wildman–Crippen MR) is 53.6 cm³/mol. The maximum atomic E-state index is 5.53. The van der Waals surface area contributed by atoms with Gasteiger partial charge in [-0.3, -0.25) is 0 Å². The summed E-state index contributed by atoms with van der Waals surface area (Å²) in [6.07, 6.45) is -0.190. The van der Waals surface area contributed by atoms with Gasteiger partial charge in [-0.2, -0.15) is 0 Å². The Kier molecular flexibility index (Phi) is 4.98. The van der Waals surface area contributed by atoms with E-state index in [-0.39, 0.29) is 6.29 Å². The van der Waals surface area contributed by atoms with Gasteiger partial charge >= 0.3 is 79.1 Å². The van der Waals surface area contributed by atoms with Crippen LogP contribution >= 0.6 is 0 Å². The first kappa shape index (κ1) is 12.1. The molecule has 0 aliphatic heterocycles. The van der Waals surface area contributed by atoms with Gasteiger partial charge in [0, 0.05) is 0 Å². The van der Waals surface area contributed by atoms with Crippen LogP contribution in [0.5, 0.6) is 0 Å². The summed E-state index contributed by atoms with van der Waals surface area (Å²) in [5.41, 5.74) is 2.86. The summed E-state index contributed by atoms with van der Waals surface area (Å²) in [6.45, 7) is 5.49. The molecule has 1 atom stereocenters. The van der Waals surface area contributed by atoms with Crippen molar-refractivity contribution in [2.24, 2.45) is 0 Å². The molecule has 0 spiro atoms. The molecule has 0 amide bonds. The summed E-state index contributed by atoms with van der Waals surface area (Å²) in [5.74, 6) is 0. The molecule has 70 valence electrons. The van der Waals surface area contributed by atoms with E-state index in [0.717, 1.165) is 3.78 Å². The van der Waals surface area contributed by atoms with Crippen molar-refractivity contribution in [2.45, 2.75) is 28.0 Å². The molecule has 2 nitrogen and oxygen atoms in total. The van der Waals surface area contributed by atoms with Crippen molar-refractivity contribution in [2.75, 3.05) is 7.11 Å². The molecule has 0 fully saturated rings. The summed E-state index contributed by atoms with van der Waals surface area (Å²) < 4.78 is 11.5. The van der Waals surface area contributed by atoms with Crippen LogP contribution in [0.25, 0.3) is 0 Å². The second-order valence-corrected chi connectivity index (χ2v) is 17.8. The van der Waals surface area contributed by atoms with E-state index in [1.807, 2.05) is 6.92 Å². The van der Waals surface area contributed by atoms with Crippen LogP contribution in [0.2, 0.25) is 14.8 Å². The Morgan fingerprint density at radius 3 is 2.17 bits per heavy atom. The van der Waals surface area contributed by atoms with Crippen LogP contribution in [0, 0.1) is 0 Å².